The van der Waals surface area contributed by atoms with Crippen LogP contribution in [-0.2, 0) is 0 Å². The van der Waals surface area contributed by atoms with Crippen molar-refractivity contribution in [3.63, 3.8) is 0 Å². The summed E-state index contributed by atoms with van der Waals surface area (Å²) in [7, 11) is 0. The highest BCUT2D eigenvalue weighted by Crippen LogP contribution is 2.50. The van der Waals surface area contributed by atoms with E-state index in [1.165, 1.54) is 57.8 Å². The van der Waals surface area contributed by atoms with E-state index >= 15 is 0 Å². The Labute approximate surface area is 163 Å². The fraction of sp³-hybridized carbons (Fsp3) is 1.00. The molecule has 1 N–H and O–H groups in total. The Hall–Kier alpha value is -0.0400. The molecule has 150 valence electrons. The van der Waals surface area contributed by atoms with Gasteiger partial charge in [0.1, 0.15) is 0 Å². The molecule has 0 aromatic rings. The maximum atomic E-state index is 4.23. The summed E-state index contributed by atoms with van der Waals surface area (Å²) in [6.45, 7) is 4.78. The third-order valence-electron chi connectivity index (χ3n) is 9.17. The SMILES string of the molecule is CCCC(CCC)C1CCC2C(C1)NC1CC(C3CCCCC3)CCC12. The van der Waals surface area contributed by atoms with E-state index in [-0.39, 0.29) is 0 Å². The molecule has 1 heteroatoms. The van der Waals surface area contributed by atoms with Crippen molar-refractivity contribution >= 4 is 0 Å². The van der Waals surface area contributed by atoms with Crippen LogP contribution in [0.15, 0.2) is 0 Å². The van der Waals surface area contributed by atoms with Gasteiger partial charge in [-0.05, 0) is 74.0 Å². The van der Waals surface area contributed by atoms with Gasteiger partial charge in [0.15, 0.2) is 0 Å². The minimum Gasteiger partial charge on any atom is -0.311 e. The highest BCUT2D eigenvalue weighted by molar-refractivity contribution is 5.04. The van der Waals surface area contributed by atoms with Gasteiger partial charge >= 0.3 is 0 Å². The van der Waals surface area contributed by atoms with E-state index in [1.807, 2.05) is 0 Å². The van der Waals surface area contributed by atoms with Gasteiger partial charge in [0.2, 0.25) is 0 Å². The number of hydrogen-bond donors (Lipinski definition) is 1. The van der Waals surface area contributed by atoms with E-state index in [4.69, 9.17) is 0 Å². The van der Waals surface area contributed by atoms with E-state index in [1.54, 1.807) is 38.5 Å². The topological polar surface area (TPSA) is 12.0 Å². The van der Waals surface area contributed by atoms with Crippen LogP contribution in [-0.4, -0.2) is 12.1 Å². The molecule has 6 unspecified atom stereocenters. The first kappa shape index (κ1) is 19.3. The van der Waals surface area contributed by atoms with Gasteiger partial charge in [-0.15, -0.1) is 0 Å². The number of fused-ring (bicyclic) bond motifs is 3. The fourth-order valence-electron chi connectivity index (χ4n) is 7.96. The van der Waals surface area contributed by atoms with Crippen molar-refractivity contribution in [2.75, 3.05) is 0 Å². The highest BCUT2D eigenvalue weighted by atomic mass is 15.0. The fourth-order valence-corrected chi connectivity index (χ4v) is 7.96. The summed E-state index contributed by atoms with van der Waals surface area (Å²) in [4.78, 5) is 0. The van der Waals surface area contributed by atoms with Crippen molar-refractivity contribution in [3.8, 4) is 0 Å². The van der Waals surface area contributed by atoms with Gasteiger partial charge in [-0.1, -0.05) is 71.6 Å². The van der Waals surface area contributed by atoms with Crippen LogP contribution in [0.1, 0.15) is 110 Å². The van der Waals surface area contributed by atoms with Crippen LogP contribution in [0.4, 0.5) is 0 Å². The smallest absolute Gasteiger partial charge is 0.0104 e. The molecular weight excluding hydrogens is 314 g/mol. The highest BCUT2D eigenvalue weighted by Gasteiger charge is 2.48. The predicted molar refractivity (Wildman–Crippen MR) is 112 cm³/mol. The van der Waals surface area contributed by atoms with E-state index in [2.05, 4.69) is 19.2 Å². The summed E-state index contributed by atoms with van der Waals surface area (Å²) in [6, 6.07) is 1.77. The summed E-state index contributed by atoms with van der Waals surface area (Å²) < 4.78 is 0. The molecule has 0 aromatic carbocycles. The third-order valence-corrected chi connectivity index (χ3v) is 9.17. The Morgan fingerprint density at radius 1 is 0.692 bits per heavy atom. The number of nitrogens with one attached hydrogen (secondary N) is 1. The molecule has 0 amide bonds. The molecule has 0 spiro atoms. The maximum absolute atomic E-state index is 4.23. The minimum atomic E-state index is 0.880. The van der Waals surface area contributed by atoms with Crippen LogP contribution in [0, 0.1) is 35.5 Å². The first-order chi connectivity index (χ1) is 12.8. The van der Waals surface area contributed by atoms with Gasteiger partial charge in [0.05, 0.1) is 0 Å². The number of rotatable bonds is 6. The van der Waals surface area contributed by atoms with Crippen molar-refractivity contribution in [3.05, 3.63) is 0 Å². The van der Waals surface area contributed by atoms with Crippen molar-refractivity contribution in [2.45, 2.75) is 122 Å². The second-order valence-electron chi connectivity index (χ2n) is 10.6. The molecule has 4 aliphatic rings. The van der Waals surface area contributed by atoms with Gasteiger partial charge in [0, 0.05) is 12.1 Å². The van der Waals surface area contributed by atoms with Crippen LogP contribution in [0.5, 0.6) is 0 Å². The molecule has 0 radical (unpaired) electrons. The lowest BCUT2D eigenvalue weighted by molar-refractivity contribution is 0.121. The zero-order valence-corrected chi connectivity index (χ0v) is 17.7. The molecule has 3 saturated carbocycles. The molecule has 1 nitrogen and oxygen atoms in total. The lowest BCUT2D eigenvalue weighted by Gasteiger charge is -2.40. The van der Waals surface area contributed by atoms with E-state index in [0.29, 0.717) is 0 Å². The molecule has 6 atom stereocenters. The molecule has 4 rings (SSSR count). The molecule has 1 heterocycles. The molecule has 1 aliphatic heterocycles. The second-order valence-corrected chi connectivity index (χ2v) is 10.6. The van der Waals surface area contributed by atoms with Crippen molar-refractivity contribution in [1.82, 2.24) is 5.32 Å². The lowest BCUT2D eigenvalue weighted by atomic mass is 9.64. The van der Waals surface area contributed by atoms with Crippen molar-refractivity contribution in [1.29, 1.82) is 0 Å². The molecule has 0 bridgehead atoms. The third kappa shape index (κ3) is 4.03. The first-order valence-corrected chi connectivity index (χ1v) is 12.6. The van der Waals surface area contributed by atoms with Gasteiger partial charge in [-0.25, -0.2) is 0 Å². The summed E-state index contributed by atoms with van der Waals surface area (Å²) in [6.07, 6.45) is 22.6. The van der Waals surface area contributed by atoms with Crippen LogP contribution in [0.2, 0.25) is 0 Å². The largest absolute Gasteiger partial charge is 0.311 e. The zero-order chi connectivity index (χ0) is 17.9. The van der Waals surface area contributed by atoms with Gasteiger partial charge < -0.3 is 5.32 Å². The Bertz CT molecular complexity index is 420. The van der Waals surface area contributed by atoms with Crippen LogP contribution in [0.25, 0.3) is 0 Å². The number of hydrogen-bond acceptors (Lipinski definition) is 1. The summed E-state index contributed by atoms with van der Waals surface area (Å²) in [5.41, 5.74) is 0. The zero-order valence-electron chi connectivity index (χ0n) is 17.7. The van der Waals surface area contributed by atoms with Gasteiger partial charge in [-0.2, -0.15) is 0 Å². The standard InChI is InChI=1S/C25H45N/c1-3-8-18(9-4-2)20-12-14-22-23-15-13-21(19-10-6-5-7-11-19)17-25(23)26-24(22)16-20/h18-26H,3-17H2,1-2H3. The maximum Gasteiger partial charge on any atom is 0.0104 e. The molecule has 4 fully saturated rings. The lowest BCUT2D eigenvalue weighted by Crippen LogP contribution is -2.39. The quantitative estimate of drug-likeness (QED) is 0.540. The molecule has 3 aliphatic carbocycles. The van der Waals surface area contributed by atoms with E-state index in [9.17, 15) is 0 Å². The predicted octanol–water partition coefficient (Wildman–Crippen LogP) is 6.96. The summed E-state index contributed by atoms with van der Waals surface area (Å²) >= 11 is 0. The van der Waals surface area contributed by atoms with Crippen LogP contribution >= 0.6 is 0 Å². The van der Waals surface area contributed by atoms with Gasteiger partial charge in [0.25, 0.3) is 0 Å². The van der Waals surface area contributed by atoms with E-state index in [0.717, 1.165) is 47.6 Å². The molecule has 0 aromatic heterocycles. The van der Waals surface area contributed by atoms with E-state index < -0.39 is 0 Å². The molecule has 26 heavy (non-hydrogen) atoms. The normalized spacial score (nSPS) is 41.2. The second kappa shape index (κ2) is 8.97. The van der Waals surface area contributed by atoms with Crippen LogP contribution < -0.4 is 5.32 Å². The Morgan fingerprint density at radius 3 is 2.04 bits per heavy atom. The Balaban J connectivity index is 1.34. The van der Waals surface area contributed by atoms with Crippen molar-refractivity contribution < 1.29 is 0 Å². The van der Waals surface area contributed by atoms with Crippen LogP contribution in [0.3, 0.4) is 0 Å². The molecular formula is C25H45N. The monoisotopic (exact) mass is 359 g/mol. The van der Waals surface area contributed by atoms with Gasteiger partial charge in [-0.3, -0.25) is 0 Å². The average molecular weight is 360 g/mol. The Kier molecular flexibility index (Phi) is 6.66. The summed E-state index contributed by atoms with van der Waals surface area (Å²) in [5.74, 6) is 6.26. The first-order valence-electron chi connectivity index (χ1n) is 12.6. The Morgan fingerprint density at radius 2 is 1.35 bits per heavy atom. The average Bonchev–Trinajstić information content (AvgIpc) is 3.05. The summed E-state index contributed by atoms with van der Waals surface area (Å²) in [5, 5.41) is 4.23. The molecule has 1 saturated heterocycles. The van der Waals surface area contributed by atoms with Crippen molar-refractivity contribution in [2.24, 2.45) is 35.5 Å². The minimum absolute atomic E-state index is 0.880.